The lowest BCUT2D eigenvalue weighted by Gasteiger charge is -2.18. The highest BCUT2D eigenvalue weighted by atomic mass is 16.5. The van der Waals surface area contributed by atoms with Gasteiger partial charge in [-0.25, -0.2) is 0 Å². The summed E-state index contributed by atoms with van der Waals surface area (Å²) in [5, 5.41) is 12.4. The molecule has 0 aliphatic carbocycles. The number of carboxylic acids is 1. The SMILES string of the molecule is CCCOc1ccc(C(CC(=O)O)NC(=O)/C=C/c2coc3ccc(C)cc3c2=O)cc1OC. The van der Waals surface area contributed by atoms with Crippen LogP contribution in [0.5, 0.6) is 11.5 Å². The fraction of sp³-hybridized carbons (Fsp3) is 0.269. The molecule has 8 nitrogen and oxygen atoms in total. The summed E-state index contributed by atoms with van der Waals surface area (Å²) in [7, 11) is 1.49. The molecule has 8 heteroatoms. The highest BCUT2D eigenvalue weighted by Gasteiger charge is 2.19. The summed E-state index contributed by atoms with van der Waals surface area (Å²) in [4.78, 5) is 36.7. The average molecular weight is 466 g/mol. The molecule has 1 heterocycles. The Bertz CT molecular complexity index is 1280. The molecule has 0 aliphatic rings. The molecular weight excluding hydrogens is 438 g/mol. The van der Waals surface area contributed by atoms with Gasteiger partial charge in [0.05, 0.1) is 37.1 Å². The highest BCUT2D eigenvalue weighted by Crippen LogP contribution is 2.31. The number of nitrogens with one attached hydrogen (secondary N) is 1. The monoisotopic (exact) mass is 465 g/mol. The van der Waals surface area contributed by atoms with Crippen LogP contribution in [0, 0.1) is 6.92 Å². The molecule has 2 N–H and O–H groups in total. The van der Waals surface area contributed by atoms with E-state index in [4.69, 9.17) is 13.9 Å². The first-order valence-corrected chi connectivity index (χ1v) is 10.9. The van der Waals surface area contributed by atoms with E-state index in [0.29, 0.717) is 34.6 Å². The van der Waals surface area contributed by atoms with Crippen molar-refractivity contribution in [3.8, 4) is 11.5 Å². The van der Waals surface area contributed by atoms with Crippen molar-refractivity contribution in [1.82, 2.24) is 5.32 Å². The van der Waals surface area contributed by atoms with Crippen molar-refractivity contribution in [2.75, 3.05) is 13.7 Å². The van der Waals surface area contributed by atoms with Gasteiger partial charge in [-0.05, 0) is 49.2 Å². The number of aliphatic carboxylic acids is 1. The maximum Gasteiger partial charge on any atom is 0.305 e. The van der Waals surface area contributed by atoms with E-state index in [-0.39, 0.29) is 17.4 Å². The zero-order valence-corrected chi connectivity index (χ0v) is 19.3. The molecule has 1 unspecified atom stereocenters. The first kappa shape index (κ1) is 24.6. The Kier molecular flexibility index (Phi) is 8.08. The van der Waals surface area contributed by atoms with Crippen molar-refractivity contribution in [1.29, 1.82) is 0 Å². The maximum absolute atomic E-state index is 12.7. The third-order valence-electron chi connectivity index (χ3n) is 5.12. The molecule has 1 aromatic heterocycles. The van der Waals surface area contributed by atoms with E-state index < -0.39 is 17.9 Å². The minimum atomic E-state index is -1.08. The lowest BCUT2D eigenvalue weighted by atomic mass is 10.0. The van der Waals surface area contributed by atoms with Gasteiger partial charge >= 0.3 is 5.97 Å². The van der Waals surface area contributed by atoms with E-state index in [0.717, 1.165) is 12.0 Å². The number of hydrogen-bond donors (Lipinski definition) is 2. The average Bonchev–Trinajstić information content (AvgIpc) is 2.82. The molecule has 1 amide bonds. The Morgan fingerprint density at radius 1 is 1.18 bits per heavy atom. The Hall–Kier alpha value is -4.07. The van der Waals surface area contributed by atoms with Gasteiger partial charge in [-0.1, -0.05) is 24.6 Å². The number of methoxy groups -OCH3 is 1. The smallest absolute Gasteiger partial charge is 0.305 e. The van der Waals surface area contributed by atoms with Crippen LogP contribution in [-0.4, -0.2) is 30.7 Å². The fourth-order valence-corrected chi connectivity index (χ4v) is 3.42. The molecule has 3 rings (SSSR count). The van der Waals surface area contributed by atoms with Gasteiger partial charge in [-0.15, -0.1) is 0 Å². The van der Waals surface area contributed by atoms with Gasteiger partial charge in [0.1, 0.15) is 11.8 Å². The second kappa shape index (κ2) is 11.2. The van der Waals surface area contributed by atoms with Crippen molar-refractivity contribution in [2.24, 2.45) is 0 Å². The molecule has 0 fully saturated rings. The van der Waals surface area contributed by atoms with E-state index >= 15 is 0 Å². The van der Waals surface area contributed by atoms with Crippen LogP contribution < -0.4 is 20.2 Å². The van der Waals surface area contributed by atoms with Crippen LogP contribution in [0.2, 0.25) is 0 Å². The molecule has 3 aromatic rings. The zero-order valence-electron chi connectivity index (χ0n) is 19.3. The fourth-order valence-electron chi connectivity index (χ4n) is 3.42. The normalized spacial score (nSPS) is 12.0. The molecule has 0 radical (unpaired) electrons. The largest absolute Gasteiger partial charge is 0.493 e. The van der Waals surface area contributed by atoms with Crippen LogP contribution in [0.1, 0.15) is 42.5 Å². The molecule has 1 atom stereocenters. The molecule has 0 spiro atoms. The molecule has 34 heavy (non-hydrogen) atoms. The maximum atomic E-state index is 12.7. The number of carbonyl (C=O) groups excluding carboxylic acids is 1. The number of benzene rings is 2. The van der Waals surface area contributed by atoms with Crippen LogP contribution in [-0.2, 0) is 9.59 Å². The lowest BCUT2D eigenvalue weighted by Crippen LogP contribution is -2.28. The summed E-state index contributed by atoms with van der Waals surface area (Å²) in [6.45, 7) is 4.36. The van der Waals surface area contributed by atoms with E-state index in [2.05, 4.69) is 5.32 Å². The minimum absolute atomic E-state index is 0.210. The van der Waals surface area contributed by atoms with Gasteiger partial charge in [0.15, 0.2) is 16.9 Å². The van der Waals surface area contributed by atoms with Gasteiger partial charge in [-0.2, -0.15) is 0 Å². The van der Waals surface area contributed by atoms with Crippen LogP contribution >= 0.6 is 0 Å². The number of amides is 1. The van der Waals surface area contributed by atoms with Crippen LogP contribution in [0.15, 0.2) is 57.9 Å². The first-order chi connectivity index (χ1) is 16.3. The number of hydrogen-bond acceptors (Lipinski definition) is 6. The van der Waals surface area contributed by atoms with Crippen LogP contribution in [0.4, 0.5) is 0 Å². The summed E-state index contributed by atoms with van der Waals surface area (Å²) >= 11 is 0. The van der Waals surface area contributed by atoms with Crippen LogP contribution in [0.3, 0.4) is 0 Å². The second-order valence-electron chi connectivity index (χ2n) is 7.77. The topological polar surface area (TPSA) is 115 Å². The van der Waals surface area contributed by atoms with Crippen molar-refractivity contribution >= 4 is 28.9 Å². The van der Waals surface area contributed by atoms with Gasteiger partial charge < -0.3 is 24.3 Å². The Balaban J connectivity index is 1.82. The van der Waals surface area contributed by atoms with E-state index in [1.165, 1.54) is 25.5 Å². The lowest BCUT2D eigenvalue weighted by molar-refractivity contribution is -0.137. The number of ether oxygens (including phenoxy) is 2. The third-order valence-corrected chi connectivity index (χ3v) is 5.12. The van der Waals surface area contributed by atoms with Crippen molar-refractivity contribution in [2.45, 2.75) is 32.7 Å². The number of aryl methyl sites for hydroxylation is 1. The summed E-state index contributed by atoms with van der Waals surface area (Å²) in [5.74, 6) is -0.660. The minimum Gasteiger partial charge on any atom is -0.493 e. The summed E-state index contributed by atoms with van der Waals surface area (Å²) in [6, 6.07) is 9.48. The third kappa shape index (κ3) is 6.04. The van der Waals surface area contributed by atoms with Gasteiger partial charge in [0.25, 0.3) is 0 Å². The Labute approximate surface area is 196 Å². The molecule has 0 bridgehead atoms. The van der Waals surface area contributed by atoms with Crippen molar-refractivity contribution in [3.05, 3.63) is 75.7 Å². The highest BCUT2D eigenvalue weighted by molar-refractivity contribution is 5.92. The standard InChI is InChI=1S/C26H27NO7/c1-4-11-33-22-9-6-17(13-23(22)32-3)20(14-25(29)30)27-24(28)10-7-18-15-34-21-8-5-16(2)12-19(21)26(18)31/h5-10,12-13,15,20H,4,11,14H2,1-3H3,(H,27,28)(H,29,30)/b10-7+. The first-order valence-electron chi connectivity index (χ1n) is 10.9. The van der Waals surface area contributed by atoms with Crippen molar-refractivity contribution < 1.29 is 28.6 Å². The molecular formula is C26H27NO7. The van der Waals surface area contributed by atoms with Gasteiger partial charge in [0.2, 0.25) is 5.91 Å². The number of carbonyl (C=O) groups is 2. The summed E-state index contributed by atoms with van der Waals surface area (Å²) in [6.07, 6.45) is 4.31. The second-order valence-corrected chi connectivity index (χ2v) is 7.77. The van der Waals surface area contributed by atoms with E-state index in [1.54, 1.807) is 30.3 Å². The molecule has 2 aromatic carbocycles. The predicted octanol–water partition coefficient (Wildman–Crippen LogP) is 4.24. The van der Waals surface area contributed by atoms with Crippen molar-refractivity contribution in [3.63, 3.8) is 0 Å². The molecule has 178 valence electrons. The number of fused-ring (bicyclic) bond motifs is 1. The van der Waals surface area contributed by atoms with Gasteiger partial charge in [-0.3, -0.25) is 14.4 Å². The zero-order chi connectivity index (χ0) is 24.7. The summed E-state index contributed by atoms with van der Waals surface area (Å²) < 4.78 is 16.5. The molecule has 0 saturated heterocycles. The number of rotatable bonds is 10. The van der Waals surface area contributed by atoms with Gasteiger partial charge in [0, 0.05) is 6.08 Å². The molecule has 0 aliphatic heterocycles. The Morgan fingerprint density at radius 2 is 1.97 bits per heavy atom. The van der Waals surface area contributed by atoms with Crippen LogP contribution in [0.25, 0.3) is 17.0 Å². The molecule has 0 saturated carbocycles. The van der Waals surface area contributed by atoms with E-state index in [1.807, 2.05) is 19.9 Å². The predicted molar refractivity (Wildman–Crippen MR) is 128 cm³/mol. The van der Waals surface area contributed by atoms with E-state index in [9.17, 15) is 19.5 Å². The Morgan fingerprint density at radius 3 is 2.68 bits per heavy atom. The summed E-state index contributed by atoms with van der Waals surface area (Å²) in [5.41, 5.74) is 1.87. The quantitative estimate of drug-likeness (QED) is 0.430. The number of carboxylic acid groups (broad SMARTS) is 1.